The second-order valence-electron chi connectivity index (χ2n) is 3.30. The van der Waals surface area contributed by atoms with Crippen LogP contribution < -0.4 is 0 Å². The molecule has 0 aromatic rings. The van der Waals surface area contributed by atoms with Gasteiger partial charge in [-0.3, -0.25) is 9.59 Å². The molecule has 0 saturated heterocycles. The number of ketones is 2. The molecule has 0 amide bonds. The summed E-state index contributed by atoms with van der Waals surface area (Å²) in [6, 6.07) is 0. The number of alkyl halides is 6. The molecule has 142 valence electrons. The van der Waals surface area contributed by atoms with Crippen molar-refractivity contribution >= 4 is 11.6 Å². The molecule has 0 aromatic carbocycles. The average Bonchev–Trinajstić information content (AvgIpc) is 2.13. The monoisotopic (exact) mass is 402 g/mol. The Labute approximate surface area is 136 Å². The van der Waals surface area contributed by atoms with Gasteiger partial charge in [-0.05, 0) is 13.8 Å². The number of halogens is 6. The zero-order chi connectivity index (χ0) is 16.7. The van der Waals surface area contributed by atoms with Crippen LogP contribution in [0.2, 0.25) is 0 Å². The molecule has 0 atom stereocenters. The number of rotatable bonds is 2. The van der Waals surface area contributed by atoms with E-state index in [1.807, 2.05) is 0 Å². The van der Waals surface area contributed by atoms with Gasteiger partial charge in [0.25, 0.3) is 11.6 Å². The molecule has 0 saturated carbocycles. The minimum atomic E-state index is -4.88. The van der Waals surface area contributed by atoms with Crippen LogP contribution in [0.5, 0.6) is 0 Å². The summed E-state index contributed by atoms with van der Waals surface area (Å²) in [4.78, 5) is 19.8. The zero-order valence-electron chi connectivity index (χ0n) is 11.4. The Hall–Kier alpha value is -1.59. The van der Waals surface area contributed by atoms with E-state index in [-0.39, 0.29) is 39.6 Å². The SMILES string of the molecule is C/C(O)=C/C(=O)C(F)(F)F.C/C(O)=C/C(=O)C(F)(F)F.O.O.[Ni]. The van der Waals surface area contributed by atoms with Gasteiger partial charge in [0.05, 0.1) is 11.5 Å². The first kappa shape index (κ1) is 33.1. The van der Waals surface area contributed by atoms with Crippen molar-refractivity contribution < 1.29 is 73.6 Å². The fraction of sp³-hybridized carbons (Fsp3) is 0.400. The molecule has 0 aliphatic rings. The third-order valence-electron chi connectivity index (χ3n) is 1.24. The van der Waals surface area contributed by atoms with Gasteiger partial charge < -0.3 is 21.2 Å². The Balaban J connectivity index is -0.0000000831. The van der Waals surface area contributed by atoms with Crippen LogP contribution in [0.25, 0.3) is 0 Å². The molecule has 0 aliphatic carbocycles. The van der Waals surface area contributed by atoms with Crippen molar-refractivity contribution in [2.45, 2.75) is 26.2 Å². The van der Waals surface area contributed by atoms with Crippen molar-refractivity contribution in [2.75, 3.05) is 0 Å². The number of aliphatic hydroxyl groups is 2. The predicted octanol–water partition coefficient (Wildman–Crippen LogP) is 1.51. The Bertz CT molecular complexity index is 379. The molecule has 0 bridgehead atoms. The summed E-state index contributed by atoms with van der Waals surface area (Å²) in [7, 11) is 0. The fourth-order valence-electron chi connectivity index (χ4n) is 0.543. The Morgan fingerprint density at radius 1 is 0.739 bits per heavy atom. The quantitative estimate of drug-likeness (QED) is 0.313. The van der Waals surface area contributed by atoms with Crippen LogP contribution in [-0.4, -0.2) is 45.1 Å². The number of hydrogen-bond acceptors (Lipinski definition) is 4. The first-order valence-electron chi connectivity index (χ1n) is 4.64. The van der Waals surface area contributed by atoms with Gasteiger partial charge in [-0.1, -0.05) is 0 Å². The maximum atomic E-state index is 11.3. The standard InChI is InChI=1S/2C5H5F3O2.Ni.2H2O/c2*1-3(9)2-4(10)5(6,7)8;;;/h2*2,9H,1H3;;2*1H2/b2*3-2-;;;. The van der Waals surface area contributed by atoms with Crippen molar-refractivity contribution in [1.82, 2.24) is 0 Å². The minimum absolute atomic E-state index is 0. The largest absolute Gasteiger partial charge is 0.512 e. The molecule has 0 radical (unpaired) electrons. The van der Waals surface area contributed by atoms with E-state index >= 15 is 0 Å². The first-order valence-corrected chi connectivity index (χ1v) is 4.64. The van der Waals surface area contributed by atoms with Crippen molar-refractivity contribution in [2.24, 2.45) is 0 Å². The molecule has 6 nitrogen and oxygen atoms in total. The first-order chi connectivity index (χ1) is 8.67. The summed E-state index contributed by atoms with van der Waals surface area (Å²) >= 11 is 0. The normalized spacial score (nSPS) is 11.7. The maximum absolute atomic E-state index is 11.3. The van der Waals surface area contributed by atoms with Crippen molar-refractivity contribution in [3.05, 3.63) is 23.7 Å². The van der Waals surface area contributed by atoms with Crippen LogP contribution in [0.4, 0.5) is 26.3 Å². The maximum Gasteiger partial charge on any atom is 0.454 e. The molecule has 23 heavy (non-hydrogen) atoms. The number of allylic oxidation sites excluding steroid dienone is 4. The summed E-state index contributed by atoms with van der Waals surface area (Å²) in [5, 5.41) is 16.5. The summed E-state index contributed by atoms with van der Waals surface area (Å²) in [5.74, 6) is -5.40. The third kappa shape index (κ3) is 20.4. The van der Waals surface area contributed by atoms with Gasteiger partial charge in [0, 0.05) is 28.6 Å². The van der Waals surface area contributed by atoms with Gasteiger partial charge in [-0.25, -0.2) is 0 Å². The van der Waals surface area contributed by atoms with E-state index < -0.39 is 35.4 Å². The molecule has 0 aliphatic heterocycles. The molecular formula is C10H14F6NiO6. The molecule has 0 rings (SSSR count). The molecule has 13 heteroatoms. The molecular weight excluding hydrogens is 389 g/mol. The molecule has 0 spiro atoms. The second kappa shape index (κ2) is 12.9. The van der Waals surface area contributed by atoms with E-state index in [0.717, 1.165) is 13.8 Å². The van der Waals surface area contributed by atoms with Crippen LogP contribution in [0.3, 0.4) is 0 Å². The van der Waals surface area contributed by atoms with E-state index in [1.165, 1.54) is 0 Å². The molecule has 0 unspecified atom stereocenters. The summed E-state index contributed by atoms with van der Waals surface area (Å²) in [5.41, 5.74) is 0. The smallest absolute Gasteiger partial charge is 0.454 e. The van der Waals surface area contributed by atoms with Crippen LogP contribution >= 0.6 is 0 Å². The van der Waals surface area contributed by atoms with Crippen LogP contribution in [0.15, 0.2) is 23.7 Å². The summed E-state index contributed by atoms with van der Waals surface area (Å²) in [6.07, 6.45) is -9.52. The second-order valence-corrected chi connectivity index (χ2v) is 3.30. The zero-order valence-corrected chi connectivity index (χ0v) is 12.4. The minimum Gasteiger partial charge on any atom is -0.512 e. The van der Waals surface area contributed by atoms with Crippen LogP contribution in [0, 0.1) is 0 Å². The van der Waals surface area contributed by atoms with E-state index in [2.05, 4.69) is 0 Å². The van der Waals surface area contributed by atoms with E-state index in [9.17, 15) is 35.9 Å². The predicted molar refractivity (Wildman–Crippen MR) is 62.1 cm³/mol. The summed E-state index contributed by atoms with van der Waals surface area (Å²) in [6.45, 7) is 1.98. The Morgan fingerprint density at radius 3 is 0.957 bits per heavy atom. The van der Waals surface area contributed by atoms with Gasteiger partial charge in [-0.15, -0.1) is 0 Å². The molecule has 0 aromatic heterocycles. The van der Waals surface area contributed by atoms with Crippen molar-refractivity contribution in [3.63, 3.8) is 0 Å². The van der Waals surface area contributed by atoms with Gasteiger partial charge in [0.1, 0.15) is 0 Å². The van der Waals surface area contributed by atoms with Gasteiger partial charge in [0.15, 0.2) is 0 Å². The molecule has 0 heterocycles. The van der Waals surface area contributed by atoms with Crippen molar-refractivity contribution in [3.8, 4) is 0 Å². The Morgan fingerprint density at radius 2 is 0.913 bits per heavy atom. The van der Waals surface area contributed by atoms with Crippen molar-refractivity contribution in [1.29, 1.82) is 0 Å². The van der Waals surface area contributed by atoms with E-state index in [4.69, 9.17) is 10.2 Å². The summed E-state index contributed by atoms with van der Waals surface area (Å²) < 4.78 is 67.8. The third-order valence-corrected chi connectivity index (χ3v) is 1.24. The van der Waals surface area contributed by atoms with E-state index in [1.54, 1.807) is 0 Å². The number of hydrogen-bond donors (Lipinski definition) is 2. The van der Waals surface area contributed by atoms with Gasteiger partial charge in [-0.2, -0.15) is 26.3 Å². The topological polar surface area (TPSA) is 138 Å². The van der Waals surface area contributed by atoms with Gasteiger partial charge >= 0.3 is 12.4 Å². The average molecular weight is 403 g/mol. The molecule has 6 N–H and O–H groups in total. The van der Waals surface area contributed by atoms with Gasteiger partial charge in [0.2, 0.25) is 0 Å². The number of carbonyl (C=O) groups excluding carboxylic acids is 2. The Kier molecular flexibility index (Phi) is 18.6. The van der Waals surface area contributed by atoms with Crippen LogP contribution in [0.1, 0.15) is 13.8 Å². The number of aliphatic hydroxyl groups excluding tert-OH is 2. The number of carbonyl (C=O) groups is 2. The molecule has 0 fully saturated rings. The fourth-order valence-corrected chi connectivity index (χ4v) is 0.543. The van der Waals surface area contributed by atoms with Crippen LogP contribution in [-0.2, 0) is 26.1 Å². The van der Waals surface area contributed by atoms with E-state index in [0.29, 0.717) is 0 Å².